The number of nitrogens with zero attached hydrogens (tertiary/aromatic N) is 1. The minimum absolute atomic E-state index is 0.729. The summed E-state index contributed by atoms with van der Waals surface area (Å²) >= 11 is 0. The molecule has 1 aromatic heterocycles. The third kappa shape index (κ3) is 2.42. The topological polar surface area (TPSA) is 31.4 Å². The highest BCUT2D eigenvalue weighted by Gasteiger charge is 2.09. The Morgan fingerprint density at radius 2 is 1.67 bits per heavy atom. The quantitative estimate of drug-likeness (QED) is 0.719. The van der Waals surface area contributed by atoms with Gasteiger partial charge in [0, 0.05) is 11.1 Å². The molecule has 3 rings (SSSR count). The van der Waals surface area contributed by atoms with Gasteiger partial charge in [0.25, 0.3) is 0 Å². The highest BCUT2D eigenvalue weighted by molar-refractivity contribution is 5.95. The first-order chi connectivity index (χ1) is 10.2. The Bertz CT molecular complexity index is 796. The van der Waals surface area contributed by atoms with Crippen LogP contribution in [-0.2, 0) is 0 Å². The van der Waals surface area contributed by atoms with E-state index < -0.39 is 0 Å². The maximum Gasteiger partial charge on any atom is 0.161 e. The number of rotatable bonds is 3. The number of fused-ring (bicyclic) bond motifs is 1. The molecule has 106 valence electrons. The predicted molar refractivity (Wildman–Crippen MR) is 85.0 cm³/mol. The molecule has 0 fully saturated rings. The Balaban J connectivity index is 2.20. The molecule has 0 atom stereocenters. The molecule has 0 aliphatic heterocycles. The zero-order chi connectivity index (χ0) is 14.8. The van der Waals surface area contributed by atoms with E-state index in [0.717, 1.165) is 39.2 Å². The third-order valence-electron chi connectivity index (χ3n) is 3.57. The van der Waals surface area contributed by atoms with E-state index in [0.29, 0.717) is 0 Å². The molecule has 21 heavy (non-hydrogen) atoms. The van der Waals surface area contributed by atoms with E-state index in [4.69, 9.17) is 9.47 Å². The van der Waals surface area contributed by atoms with Gasteiger partial charge in [-0.05, 0) is 42.3 Å². The minimum atomic E-state index is 0.729. The second-order valence-corrected chi connectivity index (χ2v) is 4.89. The molecule has 3 heteroatoms. The van der Waals surface area contributed by atoms with Crippen LogP contribution in [0.1, 0.15) is 5.69 Å². The molecule has 0 saturated carbocycles. The Morgan fingerprint density at radius 1 is 0.857 bits per heavy atom. The lowest BCUT2D eigenvalue weighted by Gasteiger charge is -2.11. The molecule has 0 spiro atoms. The van der Waals surface area contributed by atoms with E-state index in [1.165, 1.54) is 0 Å². The molecule has 1 heterocycles. The summed E-state index contributed by atoms with van der Waals surface area (Å²) in [5.74, 6) is 1.46. The predicted octanol–water partition coefficient (Wildman–Crippen LogP) is 4.23. The van der Waals surface area contributed by atoms with Crippen molar-refractivity contribution in [1.82, 2.24) is 4.98 Å². The van der Waals surface area contributed by atoms with Crippen LogP contribution in [-0.4, -0.2) is 19.2 Å². The van der Waals surface area contributed by atoms with E-state index in [1.54, 1.807) is 14.2 Å². The lowest BCUT2D eigenvalue weighted by molar-refractivity contribution is 0.355. The van der Waals surface area contributed by atoms with Crippen molar-refractivity contribution in [2.24, 2.45) is 0 Å². The molecular weight excluding hydrogens is 262 g/mol. The van der Waals surface area contributed by atoms with Gasteiger partial charge < -0.3 is 9.47 Å². The van der Waals surface area contributed by atoms with Crippen LogP contribution in [0.5, 0.6) is 11.5 Å². The molecule has 0 aliphatic carbocycles. The summed E-state index contributed by atoms with van der Waals surface area (Å²) in [4.78, 5) is 4.58. The number of aryl methyl sites for hydroxylation is 1. The Kier molecular flexibility index (Phi) is 3.48. The third-order valence-corrected chi connectivity index (χ3v) is 3.57. The lowest BCUT2D eigenvalue weighted by atomic mass is 10.00. The number of methoxy groups -OCH3 is 2. The van der Waals surface area contributed by atoms with Crippen molar-refractivity contribution in [2.45, 2.75) is 6.92 Å². The maximum absolute atomic E-state index is 5.39. The second kappa shape index (κ2) is 5.44. The first kappa shape index (κ1) is 13.4. The molecule has 0 N–H and O–H groups in total. The van der Waals surface area contributed by atoms with Gasteiger partial charge in [0.05, 0.1) is 19.7 Å². The fourth-order valence-electron chi connectivity index (χ4n) is 2.51. The van der Waals surface area contributed by atoms with Crippen LogP contribution in [0.3, 0.4) is 0 Å². The van der Waals surface area contributed by atoms with Crippen LogP contribution >= 0.6 is 0 Å². The Labute approximate surface area is 124 Å². The van der Waals surface area contributed by atoms with E-state index in [9.17, 15) is 0 Å². The summed E-state index contributed by atoms with van der Waals surface area (Å²) in [6.07, 6.45) is 0. The SMILES string of the molecule is COc1ccc(-c2cccc3nc(C)ccc23)cc1OC. The van der Waals surface area contributed by atoms with Gasteiger partial charge in [0.1, 0.15) is 0 Å². The van der Waals surface area contributed by atoms with Crippen LogP contribution in [0.2, 0.25) is 0 Å². The minimum Gasteiger partial charge on any atom is -0.493 e. The number of benzene rings is 2. The van der Waals surface area contributed by atoms with Crippen molar-refractivity contribution in [2.75, 3.05) is 14.2 Å². The largest absolute Gasteiger partial charge is 0.493 e. The van der Waals surface area contributed by atoms with Gasteiger partial charge in [-0.1, -0.05) is 24.3 Å². The Hall–Kier alpha value is -2.55. The van der Waals surface area contributed by atoms with Crippen molar-refractivity contribution in [3.8, 4) is 22.6 Å². The van der Waals surface area contributed by atoms with Crippen LogP contribution < -0.4 is 9.47 Å². The van der Waals surface area contributed by atoms with Crippen LogP contribution in [0.25, 0.3) is 22.0 Å². The molecule has 3 nitrogen and oxygen atoms in total. The highest BCUT2D eigenvalue weighted by atomic mass is 16.5. The van der Waals surface area contributed by atoms with Crippen molar-refractivity contribution in [3.63, 3.8) is 0 Å². The van der Waals surface area contributed by atoms with Gasteiger partial charge in [-0.15, -0.1) is 0 Å². The average molecular weight is 279 g/mol. The molecule has 0 unspecified atom stereocenters. The van der Waals surface area contributed by atoms with Crippen molar-refractivity contribution < 1.29 is 9.47 Å². The molecule has 0 saturated heterocycles. The average Bonchev–Trinajstić information content (AvgIpc) is 2.53. The summed E-state index contributed by atoms with van der Waals surface area (Å²) in [6, 6.07) is 16.3. The summed E-state index contributed by atoms with van der Waals surface area (Å²) in [5, 5.41) is 1.13. The molecule has 0 aliphatic rings. The second-order valence-electron chi connectivity index (χ2n) is 4.89. The van der Waals surface area contributed by atoms with Crippen LogP contribution in [0, 0.1) is 6.92 Å². The number of hydrogen-bond acceptors (Lipinski definition) is 3. The van der Waals surface area contributed by atoms with Gasteiger partial charge in [-0.25, -0.2) is 0 Å². The maximum atomic E-state index is 5.39. The molecule has 3 aromatic rings. The first-order valence-corrected chi connectivity index (χ1v) is 6.81. The normalized spacial score (nSPS) is 10.6. The number of hydrogen-bond donors (Lipinski definition) is 0. The van der Waals surface area contributed by atoms with Crippen LogP contribution in [0.15, 0.2) is 48.5 Å². The Morgan fingerprint density at radius 3 is 2.43 bits per heavy atom. The molecule has 0 bridgehead atoms. The van der Waals surface area contributed by atoms with Gasteiger partial charge in [-0.2, -0.15) is 0 Å². The van der Waals surface area contributed by atoms with E-state index in [2.05, 4.69) is 17.1 Å². The monoisotopic (exact) mass is 279 g/mol. The van der Waals surface area contributed by atoms with E-state index in [-0.39, 0.29) is 0 Å². The summed E-state index contributed by atoms with van der Waals surface area (Å²) in [6.45, 7) is 2.00. The van der Waals surface area contributed by atoms with E-state index >= 15 is 0 Å². The van der Waals surface area contributed by atoms with Crippen LogP contribution in [0.4, 0.5) is 0 Å². The first-order valence-electron chi connectivity index (χ1n) is 6.81. The standard InChI is InChI=1S/C18H17NO2/c1-12-7-9-15-14(5-4-6-16(15)19-12)13-8-10-17(20-2)18(11-13)21-3/h4-11H,1-3H3. The fraction of sp³-hybridized carbons (Fsp3) is 0.167. The number of aromatic nitrogens is 1. The molecule has 2 aromatic carbocycles. The van der Waals surface area contributed by atoms with Gasteiger partial charge >= 0.3 is 0 Å². The van der Waals surface area contributed by atoms with Gasteiger partial charge in [-0.3, -0.25) is 4.98 Å². The van der Waals surface area contributed by atoms with Crippen molar-refractivity contribution in [3.05, 3.63) is 54.2 Å². The zero-order valence-electron chi connectivity index (χ0n) is 12.4. The van der Waals surface area contributed by atoms with E-state index in [1.807, 2.05) is 43.3 Å². The molecule has 0 radical (unpaired) electrons. The summed E-state index contributed by atoms with van der Waals surface area (Å²) < 4.78 is 10.7. The molecule has 0 amide bonds. The zero-order valence-corrected chi connectivity index (χ0v) is 12.4. The summed E-state index contributed by atoms with van der Waals surface area (Å²) in [5.41, 5.74) is 4.25. The van der Waals surface area contributed by atoms with Crippen molar-refractivity contribution in [1.29, 1.82) is 0 Å². The van der Waals surface area contributed by atoms with Gasteiger partial charge in [0.15, 0.2) is 11.5 Å². The summed E-state index contributed by atoms with van der Waals surface area (Å²) in [7, 11) is 3.29. The smallest absolute Gasteiger partial charge is 0.161 e. The highest BCUT2D eigenvalue weighted by Crippen LogP contribution is 2.35. The number of ether oxygens (including phenoxy) is 2. The van der Waals surface area contributed by atoms with Crippen molar-refractivity contribution >= 4 is 10.9 Å². The molecular formula is C18H17NO2. The fourth-order valence-corrected chi connectivity index (χ4v) is 2.51. The van der Waals surface area contributed by atoms with Gasteiger partial charge in [0.2, 0.25) is 0 Å². The number of pyridine rings is 1. The lowest BCUT2D eigenvalue weighted by Crippen LogP contribution is -1.91.